The van der Waals surface area contributed by atoms with E-state index >= 15 is 0 Å². The van der Waals surface area contributed by atoms with Crippen molar-refractivity contribution in [3.05, 3.63) is 85.2 Å². The molecule has 9 nitrogen and oxygen atoms in total. The Bertz CT molecular complexity index is 1660. The van der Waals surface area contributed by atoms with Crippen molar-refractivity contribution >= 4 is 32.3 Å². The maximum atomic E-state index is 12.9. The molecule has 1 unspecified atom stereocenters. The molecule has 0 aliphatic heterocycles. The Morgan fingerprint density at radius 1 is 0.974 bits per heavy atom. The predicted octanol–water partition coefficient (Wildman–Crippen LogP) is 5.78. The van der Waals surface area contributed by atoms with E-state index in [0.29, 0.717) is 17.4 Å². The number of fused-ring (bicyclic) bond motifs is 1. The van der Waals surface area contributed by atoms with Crippen LogP contribution in [0.15, 0.2) is 89.6 Å². The fourth-order valence-corrected chi connectivity index (χ4v) is 5.28. The van der Waals surface area contributed by atoms with Crippen LogP contribution in [0.3, 0.4) is 0 Å². The average molecular weight is 528 g/mol. The van der Waals surface area contributed by atoms with Crippen molar-refractivity contribution in [2.75, 3.05) is 18.3 Å². The summed E-state index contributed by atoms with van der Waals surface area (Å²) in [5.74, 6) is 1.74. The molecule has 5 rings (SSSR count). The summed E-state index contributed by atoms with van der Waals surface area (Å²) in [6, 6.07) is 23.4. The molecule has 0 saturated heterocycles. The van der Waals surface area contributed by atoms with Gasteiger partial charge in [0.15, 0.2) is 11.8 Å². The third kappa shape index (κ3) is 5.82. The normalized spacial score (nSPS) is 12.8. The lowest BCUT2D eigenvalue weighted by Gasteiger charge is -2.15. The highest BCUT2D eigenvalue weighted by Crippen LogP contribution is 2.29. The zero-order valence-corrected chi connectivity index (χ0v) is 22.2. The molecule has 3 aromatic carbocycles. The maximum Gasteiger partial charge on any atom is 0.184 e. The second kappa shape index (κ2) is 11.0. The minimum atomic E-state index is -2.68. The van der Waals surface area contributed by atoms with E-state index in [9.17, 15) is 4.21 Å². The minimum Gasteiger partial charge on any atom is -0.478 e. The molecule has 5 aromatic rings. The first-order valence-corrected chi connectivity index (χ1v) is 13.9. The molecule has 10 heteroatoms. The fourth-order valence-electron chi connectivity index (χ4n) is 3.97. The molecule has 0 spiro atoms. The molecule has 2 heterocycles. The summed E-state index contributed by atoms with van der Waals surface area (Å²) < 4.78 is 25.8. The van der Waals surface area contributed by atoms with Crippen LogP contribution >= 0.6 is 0 Å². The van der Waals surface area contributed by atoms with Crippen LogP contribution in [0.5, 0.6) is 5.75 Å². The molecule has 2 aromatic heterocycles. The molecule has 3 N–H and O–H groups in total. The van der Waals surface area contributed by atoms with Gasteiger partial charge in [-0.25, -0.2) is 23.3 Å². The molecule has 0 amide bonds. The van der Waals surface area contributed by atoms with Gasteiger partial charge in [-0.05, 0) is 55.8 Å². The topological polar surface area (TPSA) is 117 Å². The molecule has 0 aliphatic carbocycles. The Hall–Kier alpha value is -4.28. The van der Waals surface area contributed by atoms with Gasteiger partial charge in [0.05, 0.1) is 11.7 Å². The third-order valence-electron chi connectivity index (χ3n) is 5.77. The van der Waals surface area contributed by atoms with E-state index in [-0.39, 0.29) is 12.0 Å². The van der Waals surface area contributed by atoms with Gasteiger partial charge in [0.1, 0.15) is 21.5 Å². The first-order valence-electron chi connectivity index (χ1n) is 12.2. The van der Waals surface area contributed by atoms with Crippen molar-refractivity contribution in [3.8, 4) is 28.3 Å². The molecule has 0 radical (unpaired) electrons. The number of anilines is 2. The first kappa shape index (κ1) is 25.4. The second-order valence-corrected chi connectivity index (χ2v) is 11.1. The number of aromatic nitrogens is 4. The lowest BCUT2D eigenvalue weighted by molar-refractivity contribution is 0.382. The highest BCUT2D eigenvalue weighted by Gasteiger charge is 2.13. The van der Waals surface area contributed by atoms with Gasteiger partial charge < -0.3 is 10.1 Å². The Labute approximate surface area is 222 Å². The van der Waals surface area contributed by atoms with Gasteiger partial charge in [0, 0.05) is 41.5 Å². The van der Waals surface area contributed by atoms with E-state index in [2.05, 4.69) is 24.6 Å². The molecule has 0 bridgehead atoms. The fraction of sp³-hybridized carbons (Fsp3) is 0.179. The van der Waals surface area contributed by atoms with E-state index in [1.165, 1.54) is 7.05 Å². The number of benzene rings is 3. The van der Waals surface area contributed by atoms with Crippen molar-refractivity contribution in [2.45, 2.75) is 19.9 Å². The number of hydrogen-bond donors (Lipinski definition) is 3. The Balaban J connectivity index is 1.43. The average Bonchev–Trinajstić information content (AvgIpc) is 3.47. The summed E-state index contributed by atoms with van der Waals surface area (Å²) in [7, 11) is -1.16. The number of rotatable bonds is 9. The number of ether oxygens (including phenoxy) is 1. The predicted molar refractivity (Wildman–Crippen MR) is 153 cm³/mol. The van der Waals surface area contributed by atoms with Gasteiger partial charge in [-0.2, -0.15) is 5.10 Å². The van der Waals surface area contributed by atoms with Gasteiger partial charge in [-0.15, -0.1) is 0 Å². The minimum absolute atomic E-state index is 0.0138. The molecule has 0 aliphatic rings. The van der Waals surface area contributed by atoms with Crippen LogP contribution in [-0.2, 0) is 9.92 Å². The smallest absolute Gasteiger partial charge is 0.184 e. The van der Waals surface area contributed by atoms with Crippen LogP contribution < -0.4 is 14.8 Å². The molecule has 38 heavy (non-hydrogen) atoms. The zero-order chi connectivity index (χ0) is 26.5. The van der Waals surface area contributed by atoms with Crippen molar-refractivity contribution < 1.29 is 8.95 Å². The van der Waals surface area contributed by atoms with E-state index in [1.54, 1.807) is 6.20 Å². The van der Waals surface area contributed by atoms with E-state index in [0.717, 1.165) is 33.3 Å². The Morgan fingerprint density at radius 3 is 2.53 bits per heavy atom. The molecule has 0 fully saturated rings. The third-order valence-corrected chi connectivity index (χ3v) is 7.64. The van der Waals surface area contributed by atoms with Crippen LogP contribution in [0.4, 0.5) is 11.5 Å². The molecule has 1 atom stereocenters. The van der Waals surface area contributed by atoms with Crippen LogP contribution in [-0.4, -0.2) is 43.4 Å². The summed E-state index contributed by atoms with van der Waals surface area (Å²) in [5.41, 5.74) is 4.59. The van der Waals surface area contributed by atoms with Gasteiger partial charge in [0.25, 0.3) is 0 Å². The molecule has 0 saturated carbocycles. The molecule has 194 valence electrons. The summed E-state index contributed by atoms with van der Waals surface area (Å²) in [6.07, 6.45) is 3.65. The van der Waals surface area contributed by atoms with E-state index in [4.69, 9.17) is 14.7 Å². The lowest BCUT2D eigenvalue weighted by Crippen LogP contribution is -2.33. The van der Waals surface area contributed by atoms with Crippen LogP contribution in [0.1, 0.15) is 13.8 Å². The standard InChI is InChI=1S/C28H29N7O2S/c1-19(2)35-38(36,29-3)18-37-24-8-6-7-21(15-24)27-33-26-10-5-4-9-25(26)28(34-27)32-23-13-11-20(12-14-23)22-16-30-31-17-22/h4-17,19H,18H2,1-3H3,(H,30,31)(H,29,35,36)(H,32,33,34). The number of aromatic amines is 1. The van der Waals surface area contributed by atoms with Crippen molar-refractivity contribution in [3.63, 3.8) is 0 Å². The number of hydrogen-bond acceptors (Lipinski definition) is 7. The highest BCUT2D eigenvalue weighted by molar-refractivity contribution is 7.91. The largest absolute Gasteiger partial charge is 0.478 e. The number of H-pyrrole nitrogens is 1. The number of nitrogens with zero attached hydrogens (tertiary/aromatic N) is 4. The second-order valence-electron chi connectivity index (χ2n) is 8.99. The highest BCUT2D eigenvalue weighted by atomic mass is 32.2. The van der Waals surface area contributed by atoms with Gasteiger partial charge >= 0.3 is 0 Å². The van der Waals surface area contributed by atoms with E-state index in [1.807, 2.05) is 92.8 Å². The van der Waals surface area contributed by atoms with Crippen LogP contribution in [0.25, 0.3) is 33.4 Å². The molecular weight excluding hydrogens is 498 g/mol. The van der Waals surface area contributed by atoms with Gasteiger partial charge in [-0.3, -0.25) is 5.10 Å². The van der Waals surface area contributed by atoms with E-state index < -0.39 is 9.92 Å². The zero-order valence-electron chi connectivity index (χ0n) is 21.4. The van der Waals surface area contributed by atoms with Gasteiger partial charge in [0.2, 0.25) is 0 Å². The number of nitrogens with one attached hydrogen (secondary N) is 3. The maximum absolute atomic E-state index is 12.9. The quantitative estimate of drug-likeness (QED) is 0.224. The van der Waals surface area contributed by atoms with Gasteiger partial charge in [-0.1, -0.05) is 36.4 Å². The summed E-state index contributed by atoms with van der Waals surface area (Å²) in [4.78, 5) is 9.66. The lowest BCUT2D eigenvalue weighted by atomic mass is 10.1. The number of para-hydroxylation sites is 1. The van der Waals surface area contributed by atoms with Crippen molar-refractivity contribution in [2.24, 2.45) is 4.36 Å². The summed E-state index contributed by atoms with van der Waals surface area (Å²) in [5, 5.41) is 11.2. The van der Waals surface area contributed by atoms with Crippen molar-refractivity contribution in [1.29, 1.82) is 0 Å². The summed E-state index contributed by atoms with van der Waals surface area (Å²) in [6.45, 7) is 3.84. The SMILES string of the molecule is CN=S(=O)(COc1cccc(-c2nc(Nc3ccc(-c4cn[nH]c4)cc3)c3ccccc3n2)c1)NC(C)C. The summed E-state index contributed by atoms with van der Waals surface area (Å²) >= 11 is 0. The van der Waals surface area contributed by atoms with Crippen LogP contribution in [0.2, 0.25) is 0 Å². The first-order chi connectivity index (χ1) is 18.4. The Kier molecular flexibility index (Phi) is 7.34. The Morgan fingerprint density at radius 2 is 1.79 bits per heavy atom. The van der Waals surface area contributed by atoms with Crippen LogP contribution in [0, 0.1) is 0 Å². The van der Waals surface area contributed by atoms with Crippen molar-refractivity contribution in [1.82, 2.24) is 24.9 Å². The molecular formula is C28H29N7O2S. The monoisotopic (exact) mass is 527 g/mol.